The predicted octanol–water partition coefficient (Wildman–Crippen LogP) is 5.64. The van der Waals surface area contributed by atoms with Crippen LogP contribution in [-0.4, -0.2) is 21.9 Å². The fourth-order valence-corrected chi connectivity index (χ4v) is 4.73. The molecule has 1 aliphatic heterocycles. The molecule has 0 bridgehead atoms. The van der Waals surface area contributed by atoms with Gasteiger partial charge in [0.2, 0.25) is 5.78 Å². The first-order valence-electron chi connectivity index (χ1n) is 9.27. The van der Waals surface area contributed by atoms with E-state index in [2.05, 4.69) is 0 Å². The van der Waals surface area contributed by atoms with Crippen molar-refractivity contribution in [3.8, 4) is 5.75 Å². The minimum absolute atomic E-state index is 0.0210. The number of Topliss-reactive ketones (excluding diaryl/α,β-unsaturated/α-hetero) is 1. The highest BCUT2D eigenvalue weighted by molar-refractivity contribution is 7.10. The van der Waals surface area contributed by atoms with Crippen LogP contribution in [0.5, 0.6) is 5.75 Å². The van der Waals surface area contributed by atoms with Gasteiger partial charge in [0.25, 0.3) is 5.91 Å². The molecular formula is C23H14ClNO5S. The number of rotatable bonds is 4. The van der Waals surface area contributed by atoms with E-state index in [9.17, 15) is 19.8 Å². The molecule has 0 aliphatic carbocycles. The Morgan fingerprint density at radius 1 is 1.06 bits per heavy atom. The number of nitrogens with zero attached hydrogens (tertiary/aromatic N) is 1. The first-order chi connectivity index (χ1) is 15.0. The van der Waals surface area contributed by atoms with Crippen LogP contribution in [0, 0.1) is 0 Å². The van der Waals surface area contributed by atoms with Crippen LogP contribution in [0.3, 0.4) is 0 Å². The van der Waals surface area contributed by atoms with Crippen molar-refractivity contribution in [3.05, 3.63) is 93.0 Å². The standard InChI is InChI=1S/C23H14ClNO5S/c24-13-7-8-16-12(10-13)11-17(30-16)21(27)19-20(18-6-3-9-31-18)25(23(29)22(19)28)14-4-1-2-5-15(14)26/h1-11,20,26,28H. The SMILES string of the molecule is O=C(C1=C(O)C(=O)N(c2ccccc2O)C1c1cccs1)c1cc2cc(Cl)ccc2o1. The van der Waals surface area contributed by atoms with Crippen LogP contribution in [-0.2, 0) is 4.79 Å². The van der Waals surface area contributed by atoms with Crippen LogP contribution < -0.4 is 4.90 Å². The number of thiophene rings is 1. The largest absolute Gasteiger partial charge is 0.506 e. The molecule has 2 N–H and O–H groups in total. The summed E-state index contributed by atoms with van der Waals surface area (Å²) < 4.78 is 5.68. The number of aliphatic hydroxyl groups excluding tert-OH is 1. The zero-order chi connectivity index (χ0) is 21.7. The number of carbonyl (C=O) groups is 2. The van der Waals surface area contributed by atoms with Gasteiger partial charge in [-0.3, -0.25) is 14.5 Å². The highest BCUT2D eigenvalue weighted by Crippen LogP contribution is 2.45. The third-order valence-corrected chi connectivity index (χ3v) is 6.27. The number of furan rings is 1. The van der Waals surface area contributed by atoms with Gasteiger partial charge < -0.3 is 14.6 Å². The van der Waals surface area contributed by atoms with Gasteiger partial charge >= 0.3 is 0 Å². The van der Waals surface area contributed by atoms with E-state index in [1.165, 1.54) is 28.4 Å². The topological polar surface area (TPSA) is 91.0 Å². The molecular weight excluding hydrogens is 438 g/mol. The van der Waals surface area contributed by atoms with E-state index in [0.29, 0.717) is 20.9 Å². The lowest BCUT2D eigenvalue weighted by Gasteiger charge is -2.26. The number of phenols is 1. The fourth-order valence-electron chi connectivity index (χ4n) is 3.73. The molecule has 1 unspecified atom stereocenters. The number of aliphatic hydroxyl groups is 1. The van der Waals surface area contributed by atoms with E-state index in [4.69, 9.17) is 16.0 Å². The Bertz CT molecular complexity index is 1370. The summed E-state index contributed by atoms with van der Waals surface area (Å²) in [5, 5.41) is 24.0. The first-order valence-corrected chi connectivity index (χ1v) is 10.5. The number of benzene rings is 2. The highest BCUT2D eigenvalue weighted by atomic mass is 35.5. The zero-order valence-corrected chi connectivity index (χ0v) is 17.4. The highest BCUT2D eigenvalue weighted by Gasteiger charge is 2.46. The van der Waals surface area contributed by atoms with Crippen molar-refractivity contribution < 1.29 is 24.2 Å². The normalized spacial score (nSPS) is 16.5. The van der Waals surface area contributed by atoms with Crippen LogP contribution >= 0.6 is 22.9 Å². The molecule has 3 heterocycles. The Labute approximate surface area is 185 Å². The Balaban J connectivity index is 1.66. The molecule has 31 heavy (non-hydrogen) atoms. The summed E-state index contributed by atoms with van der Waals surface area (Å²) in [6.45, 7) is 0. The lowest BCUT2D eigenvalue weighted by atomic mass is 10.00. The molecule has 4 aromatic rings. The molecule has 5 rings (SSSR count). The van der Waals surface area contributed by atoms with Crippen molar-refractivity contribution >= 4 is 51.3 Å². The van der Waals surface area contributed by atoms with E-state index < -0.39 is 23.5 Å². The minimum Gasteiger partial charge on any atom is -0.506 e. The van der Waals surface area contributed by atoms with Crippen molar-refractivity contribution in [1.82, 2.24) is 0 Å². The number of phenolic OH excluding ortho intramolecular Hbond substituents is 1. The second-order valence-electron chi connectivity index (χ2n) is 6.97. The molecule has 0 saturated carbocycles. The number of aromatic hydroxyl groups is 1. The maximum Gasteiger partial charge on any atom is 0.294 e. The number of amides is 1. The molecule has 2 aromatic carbocycles. The summed E-state index contributed by atoms with van der Waals surface area (Å²) in [5.41, 5.74) is 0.542. The molecule has 6 nitrogen and oxygen atoms in total. The summed E-state index contributed by atoms with van der Waals surface area (Å²) in [6.07, 6.45) is 0. The zero-order valence-electron chi connectivity index (χ0n) is 15.8. The molecule has 154 valence electrons. The Hall–Kier alpha value is -3.55. The molecule has 1 amide bonds. The van der Waals surface area contributed by atoms with Crippen LogP contribution in [0.15, 0.2) is 81.8 Å². The third kappa shape index (κ3) is 3.10. The van der Waals surface area contributed by atoms with Gasteiger partial charge in [-0.1, -0.05) is 29.8 Å². The molecule has 8 heteroatoms. The number of carbonyl (C=O) groups excluding carboxylic acids is 2. The van der Waals surface area contributed by atoms with Crippen LogP contribution in [0.4, 0.5) is 5.69 Å². The molecule has 0 fully saturated rings. The maximum absolute atomic E-state index is 13.4. The van der Waals surface area contributed by atoms with Gasteiger partial charge in [0, 0.05) is 15.3 Å². The number of anilines is 1. The van der Waals surface area contributed by atoms with Crippen LogP contribution in [0.2, 0.25) is 5.02 Å². The molecule has 1 aliphatic rings. The van der Waals surface area contributed by atoms with Gasteiger partial charge in [-0.2, -0.15) is 0 Å². The number of hydrogen-bond acceptors (Lipinski definition) is 6. The van der Waals surface area contributed by atoms with Gasteiger partial charge in [-0.25, -0.2) is 0 Å². The Morgan fingerprint density at radius 3 is 2.61 bits per heavy atom. The van der Waals surface area contributed by atoms with Crippen molar-refractivity contribution in [3.63, 3.8) is 0 Å². The number of para-hydroxylation sites is 2. The van der Waals surface area contributed by atoms with Gasteiger partial charge in [-0.15, -0.1) is 11.3 Å². The number of ketones is 1. The van der Waals surface area contributed by atoms with Gasteiger partial charge in [0.05, 0.1) is 11.3 Å². The third-order valence-electron chi connectivity index (χ3n) is 5.11. The van der Waals surface area contributed by atoms with Crippen molar-refractivity contribution in [2.75, 3.05) is 4.90 Å². The van der Waals surface area contributed by atoms with Crippen LogP contribution in [0.1, 0.15) is 21.5 Å². The van der Waals surface area contributed by atoms with Gasteiger partial charge in [0.15, 0.2) is 11.5 Å². The summed E-state index contributed by atoms with van der Waals surface area (Å²) in [4.78, 5) is 28.4. The average Bonchev–Trinajstić information content (AvgIpc) is 3.47. The van der Waals surface area contributed by atoms with E-state index in [1.54, 1.807) is 48.5 Å². The molecule has 2 aromatic heterocycles. The lowest BCUT2D eigenvalue weighted by Crippen LogP contribution is -2.30. The van der Waals surface area contributed by atoms with Crippen molar-refractivity contribution in [2.45, 2.75) is 6.04 Å². The number of halogens is 1. The smallest absolute Gasteiger partial charge is 0.294 e. The number of hydrogen-bond donors (Lipinski definition) is 2. The molecule has 0 spiro atoms. The summed E-state index contributed by atoms with van der Waals surface area (Å²) in [6, 6.07) is 15.4. The Kier molecular flexibility index (Phi) is 4.57. The molecule has 0 radical (unpaired) electrons. The van der Waals surface area contributed by atoms with Crippen molar-refractivity contribution in [1.29, 1.82) is 0 Å². The lowest BCUT2D eigenvalue weighted by molar-refractivity contribution is -0.117. The van der Waals surface area contributed by atoms with Crippen molar-refractivity contribution in [2.24, 2.45) is 0 Å². The van der Waals surface area contributed by atoms with Crippen LogP contribution in [0.25, 0.3) is 11.0 Å². The molecule has 1 atom stereocenters. The quantitative estimate of drug-likeness (QED) is 0.392. The van der Waals surface area contributed by atoms with E-state index in [1.807, 2.05) is 5.38 Å². The van der Waals surface area contributed by atoms with E-state index >= 15 is 0 Å². The monoisotopic (exact) mass is 451 g/mol. The van der Waals surface area contributed by atoms with E-state index in [0.717, 1.165) is 0 Å². The second-order valence-corrected chi connectivity index (χ2v) is 8.38. The summed E-state index contributed by atoms with van der Waals surface area (Å²) in [5.74, 6) is -2.23. The summed E-state index contributed by atoms with van der Waals surface area (Å²) >= 11 is 7.35. The number of fused-ring (bicyclic) bond motifs is 1. The predicted molar refractivity (Wildman–Crippen MR) is 118 cm³/mol. The fraction of sp³-hybridized carbons (Fsp3) is 0.0435. The first kappa shape index (κ1) is 19.4. The van der Waals surface area contributed by atoms with Gasteiger partial charge in [0.1, 0.15) is 17.4 Å². The Morgan fingerprint density at radius 2 is 1.87 bits per heavy atom. The van der Waals surface area contributed by atoms with Gasteiger partial charge in [-0.05, 0) is 47.8 Å². The second kappa shape index (κ2) is 7.30. The average molecular weight is 452 g/mol. The molecule has 0 saturated heterocycles. The minimum atomic E-state index is -0.912. The summed E-state index contributed by atoms with van der Waals surface area (Å²) in [7, 11) is 0. The maximum atomic E-state index is 13.4. The van der Waals surface area contributed by atoms with E-state index in [-0.39, 0.29) is 22.8 Å².